The van der Waals surface area contributed by atoms with Crippen LogP contribution in [0.25, 0.3) is 5.82 Å². The Morgan fingerprint density at radius 2 is 1.88 bits per heavy atom. The molecule has 0 fully saturated rings. The van der Waals surface area contributed by atoms with Gasteiger partial charge in [-0.25, -0.2) is 24.0 Å². The third-order valence-corrected chi connectivity index (χ3v) is 3.91. The molecular weight excluding hydrogens is 374 g/mol. The van der Waals surface area contributed by atoms with Crippen molar-refractivity contribution in [1.29, 1.82) is 0 Å². The Morgan fingerprint density at radius 1 is 1.15 bits per heavy atom. The van der Waals surface area contributed by atoms with E-state index in [1.165, 1.54) is 17.1 Å². The Labute approximate surface area is 150 Å². The van der Waals surface area contributed by atoms with Crippen molar-refractivity contribution in [2.75, 3.05) is 0 Å². The minimum atomic E-state index is -4.60. The zero-order valence-electron chi connectivity index (χ0n) is 13.6. The fraction of sp³-hybridized carbons (Fsp3) is 0.250. The fourth-order valence-corrected chi connectivity index (χ4v) is 2.63. The molecule has 10 heteroatoms. The van der Waals surface area contributed by atoms with E-state index in [2.05, 4.69) is 20.1 Å². The summed E-state index contributed by atoms with van der Waals surface area (Å²) in [5, 5.41) is 4.45. The maximum Gasteiger partial charge on any atom is 0.416 e. The number of rotatable bonds is 3. The summed E-state index contributed by atoms with van der Waals surface area (Å²) >= 11 is 5.88. The standard InChI is InChI=1S/C16H12ClF4N5/c1-8(11-4-3-10(5-12(11)18)16(19,20)21)15-22-7-26(25-15)14-6-13(17)23-9(2)24-14/h3-8H,1-2H3. The van der Waals surface area contributed by atoms with E-state index in [4.69, 9.17) is 11.6 Å². The summed E-state index contributed by atoms with van der Waals surface area (Å²) in [6, 6.07) is 3.88. The largest absolute Gasteiger partial charge is 0.416 e. The van der Waals surface area contributed by atoms with Crippen molar-refractivity contribution in [2.24, 2.45) is 0 Å². The zero-order valence-corrected chi connectivity index (χ0v) is 14.3. The van der Waals surface area contributed by atoms with Gasteiger partial charge in [-0.3, -0.25) is 0 Å². The molecule has 0 saturated heterocycles. The van der Waals surface area contributed by atoms with Crippen LogP contribution in [-0.2, 0) is 6.18 Å². The first-order valence-electron chi connectivity index (χ1n) is 7.45. The molecular formula is C16H12ClF4N5. The van der Waals surface area contributed by atoms with E-state index in [0.29, 0.717) is 17.7 Å². The number of aryl methyl sites for hydroxylation is 1. The van der Waals surface area contributed by atoms with Gasteiger partial charge < -0.3 is 0 Å². The normalized spacial score (nSPS) is 13.0. The van der Waals surface area contributed by atoms with Crippen LogP contribution in [0.1, 0.15) is 35.6 Å². The van der Waals surface area contributed by atoms with Crippen molar-refractivity contribution in [2.45, 2.75) is 25.9 Å². The maximum absolute atomic E-state index is 14.2. The van der Waals surface area contributed by atoms with Crippen LogP contribution in [0.3, 0.4) is 0 Å². The maximum atomic E-state index is 14.2. The molecule has 2 heterocycles. The highest BCUT2D eigenvalue weighted by Crippen LogP contribution is 2.32. The monoisotopic (exact) mass is 385 g/mol. The summed E-state index contributed by atoms with van der Waals surface area (Å²) in [7, 11) is 0. The Hall–Kier alpha value is -2.55. The van der Waals surface area contributed by atoms with Crippen molar-refractivity contribution in [3.63, 3.8) is 0 Å². The first-order chi connectivity index (χ1) is 12.1. The van der Waals surface area contributed by atoms with Crippen LogP contribution < -0.4 is 0 Å². The highest BCUT2D eigenvalue weighted by Gasteiger charge is 2.31. The summed E-state index contributed by atoms with van der Waals surface area (Å²) in [5.41, 5.74) is -0.983. The number of alkyl halides is 3. The van der Waals surface area contributed by atoms with Crippen LogP contribution in [0, 0.1) is 12.7 Å². The van der Waals surface area contributed by atoms with Crippen LogP contribution in [-0.4, -0.2) is 24.7 Å². The van der Waals surface area contributed by atoms with E-state index in [9.17, 15) is 17.6 Å². The molecule has 0 N–H and O–H groups in total. The van der Waals surface area contributed by atoms with Gasteiger partial charge in [-0.15, -0.1) is 5.10 Å². The lowest BCUT2D eigenvalue weighted by molar-refractivity contribution is -0.137. The van der Waals surface area contributed by atoms with Gasteiger partial charge in [0.1, 0.15) is 23.1 Å². The molecule has 3 rings (SSSR count). The minimum absolute atomic E-state index is 0.0626. The molecule has 1 aromatic carbocycles. The summed E-state index contributed by atoms with van der Waals surface area (Å²) in [6.07, 6.45) is -3.24. The SMILES string of the molecule is Cc1nc(Cl)cc(-n2cnc(C(C)c3ccc(C(F)(F)F)cc3F)n2)n1. The predicted octanol–water partition coefficient (Wildman–Crippen LogP) is 4.33. The Morgan fingerprint density at radius 3 is 2.50 bits per heavy atom. The summed E-state index contributed by atoms with van der Waals surface area (Å²) in [6.45, 7) is 3.26. The fourth-order valence-electron chi connectivity index (χ4n) is 2.41. The van der Waals surface area contributed by atoms with Gasteiger partial charge >= 0.3 is 6.18 Å². The lowest BCUT2D eigenvalue weighted by Crippen LogP contribution is -2.08. The minimum Gasteiger partial charge on any atom is -0.221 e. The quantitative estimate of drug-likeness (QED) is 0.497. The molecule has 0 amide bonds. The number of benzene rings is 1. The lowest BCUT2D eigenvalue weighted by Gasteiger charge is -2.12. The second-order valence-electron chi connectivity index (χ2n) is 5.60. The molecule has 0 aliphatic carbocycles. The highest BCUT2D eigenvalue weighted by atomic mass is 35.5. The topological polar surface area (TPSA) is 56.5 Å². The van der Waals surface area contributed by atoms with Crippen LogP contribution in [0.15, 0.2) is 30.6 Å². The molecule has 26 heavy (non-hydrogen) atoms. The van der Waals surface area contributed by atoms with Crippen molar-refractivity contribution < 1.29 is 17.6 Å². The predicted molar refractivity (Wildman–Crippen MR) is 85.6 cm³/mol. The second-order valence-corrected chi connectivity index (χ2v) is 5.99. The Kier molecular flexibility index (Phi) is 4.66. The molecule has 0 radical (unpaired) electrons. The van der Waals surface area contributed by atoms with Gasteiger partial charge in [-0.2, -0.15) is 13.2 Å². The molecule has 136 valence electrons. The number of hydrogen-bond donors (Lipinski definition) is 0. The zero-order chi connectivity index (χ0) is 19.1. The number of aromatic nitrogens is 5. The molecule has 1 atom stereocenters. The average molecular weight is 386 g/mol. The third-order valence-electron chi connectivity index (χ3n) is 3.72. The molecule has 0 saturated carbocycles. The van der Waals surface area contributed by atoms with E-state index >= 15 is 0 Å². The number of hydrogen-bond acceptors (Lipinski definition) is 4. The average Bonchev–Trinajstić information content (AvgIpc) is 3.02. The van der Waals surface area contributed by atoms with Gasteiger partial charge in [0, 0.05) is 12.0 Å². The second kappa shape index (κ2) is 6.64. The highest BCUT2D eigenvalue weighted by molar-refractivity contribution is 6.29. The molecule has 0 spiro atoms. The molecule has 0 bridgehead atoms. The van der Waals surface area contributed by atoms with E-state index in [-0.39, 0.29) is 16.5 Å². The van der Waals surface area contributed by atoms with Gasteiger partial charge in [0.15, 0.2) is 11.6 Å². The van der Waals surface area contributed by atoms with Crippen LogP contribution >= 0.6 is 11.6 Å². The molecule has 2 aromatic heterocycles. The van der Waals surface area contributed by atoms with Crippen LogP contribution in [0.2, 0.25) is 5.15 Å². The molecule has 0 aliphatic rings. The molecule has 1 unspecified atom stereocenters. The summed E-state index contributed by atoms with van der Waals surface area (Å²) in [4.78, 5) is 12.2. The number of halogens is 5. The van der Waals surface area contributed by atoms with Crippen molar-refractivity contribution in [3.05, 3.63) is 64.3 Å². The first-order valence-corrected chi connectivity index (χ1v) is 7.82. The molecule has 0 aliphatic heterocycles. The van der Waals surface area contributed by atoms with Gasteiger partial charge in [-0.05, 0) is 24.6 Å². The Bertz CT molecular complexity index is 934. The third kappa shape index (κ3) is 3.67. The van der Waals surface area contributed by atoms with E-state index in [1.54, 1.807) is 13.8 Å². The lowest BCUT2D eigenvalue weighted by atomic mass is 9.98. The van der Waals surface area contributed by atoms with Gasteiger partial charge in [0.2, 0.25) is 0 Å². The van der Waals surface area contributed by atoms with Gasteiger partial charge in [0.05, 0.1) is 5.56 Å². The first kappa shape index (κ1) is 18.2. The molecule has 3 aromatic rings. The van der Waals surface area contributed by atoms with Crippen molar-refractivity contribution in [3.8, 4) is 5.82 Å². The summed E-state index contributed by atoms with van der Waals surface area (Å²) in [5.74, 6) is -0.578. The summed E-state index contributed by atoms with van der Waals surface area (Å²) < 4.78 is 53.5. The van der Waals surface area contributed by atoms with Crippen molar-refractivity contribution in [1.82, 2.24) is 24.7 Å². The van der Waals surface area contributed by atoms with Gasteiger partial charge in [0.25, 0.3) is 0 Å². The Balaban J connectivity index is 1.92. The van der Waals surface area contributed by atoms with Crippen LogP contribution in [0.5, 0.6) is 0 Å². The van der Waals surface area contributed by atoms with E-state index in [0.717, 1.165) is 12.1 Å². The van der Waals surface area contributed by atoms with Gasteiger partial charge in [-0.1, -0.05) is 24.6 Å². The van der Waals surface area contributed by atoms with E-state index in [1.807, 2.05) is 0 Å². The van der Waals surface area contributed by atoms with Crippen molar-refractivity contribution >= 4 is 11.6 Å². The van der Waals surface area contributed by atoms with Crippen LogP contribution in [0.4, 0.5) is 17.6 Å². The smallest absolute Gasteiger partial charge is 0.221 e. The van der Waals surface area contributed by atoms with E-state index < -0.39 is 23.5 Å². The number of nitrogens with zero attached hydrogens (tertiary/aromatic N) is 5. The molecule has 5 nitrogen and oxygen atoms in total.